The number of allylic oxidation sites excluding steroid dienone is 1. The average Bonchev–Trinajstić information content (AvgIpc) is 3.65. The molecule has 0 bridgehead atoms. The highest BCUT2D eigenvalue weighted by atomic mass is 15.3. The van der Waals surface area contributed by atoms with Gasteiger partial charge < -0.3 is 10.2 Å². The Bertz CT molecular complexity index is 2940. The van der Waals surface area contributed by atoms with Crippen LogP contribution in [0, 0.1) is 0 Å². The fraction of sp³-hybridized carbons (Fsp3) is 0.0566. The molecule has 1 heterocycles. The summed E-state index contributed by atoms with van der Waals surface area (Å²) < 4.78 is 0. The van der Waals surface area contributed by atoms with E-state index in [9.17, 15) is 0 Å². The van der Waals surface area contributed by atoms with Crippen molar-refractivity contribution in [1.29, 1.82) is 0 Å². The van der Waals surface area contributed by atoms with Crippen LogP contribution in [0.4, 0.5) is 17.1 Å². The number of hydrogen-bond donors (Lipinski definition) is 1. The lowest BCUT2D eigenvalue weighted by atomic mass is 9.78. The molecule has 0 aromatic heterocycles. The molecular weight excluding hydrogens is 665 g/mol. The third-order valence-corrected chi connectivity index (χ3v) is 11.8. The monoisotopic (exact) mass is 702 g/mol. The van der Waals surface area contributed by atoms with Crippen molar-refractivity contribution in [3.8, 4) is 22.3 Å². The van der Waals surface area contributed by atoms with Gasteiger partial charge in [0.2, 0.25) is 0 Å². The first-order valence-electron chi connectivity index (χ1n) is 19.3. The van der Waals surface area contributed by atoms with E-state index >= 15 is 0 Å². The number of fused-ring (bicyclic) bond motifs is 5. The summed E-state index contributed by atoms with van der Waals surface area (Å²) in [5, 5.41) is 11.6. The normalized spacial score (nSPS) is 16.0. The molecule has 1 aliphatic carbocycles. The van der Waals surface area contributed by atoms with Crippen LogP contribution in [0.15, 0.2) is 194 Å². The molecule has 1 aliphatic heterocycles. The van der Waals surface area contributed by atoms with Crippen LogP contribution in [0.25, 0.3) is 60.6 Å². The maximum absolute atomic E-state index is 3.80. The quantitative estimate of drug-likeness (QED) is 0.180. The number of nitrogens with zero attached hydrogens (tertiary/aromatic N) is 1. The Labute approximate surface area is 321 Å². The molecule has 9 aromatic rings. The van der Waals surface area contributed by atoms with Crippen molar-refractivity contribution in [3.05, 3.63) is 216 Å². The second-order valence-electron chi connectivity index (χ2n) is 14.9. The van der Waals surface area contributed by atoms with Gasteiger partial charge in [0, 0.05) is 11.6 Å². The van der Waals surface area contributed by atoms with Crippen LogP contribution < -0.4 is 10.2 Å². The lowest BCUT2D eigenvalue weighted by Gasteiger charge is -2.27. The number of para-hydroxylation sites is 3. The van der Waals surface area contributed by atoms with E-state index in [4.69, 9.17) is 0 Å². The molecule has 2 nitrogen and oxygen atoms in total. The van der Waals surface area contributed by atoms with Crippen molar-refractivity contribution in [2.24, 2.45) is 0 Å². The summed E-state index contributed by atoms with van der Waals surface area (Å²) in [5.74, 6) is 0.272. The number of hydrogen-bond acceptors (Lipinski definition) is 2. The zero-order valence-electron chi connectivity index (χ0n) is 30.4. The summed E-state index contributed by atoms with van der Waals surface area (Å²) in [6, 6.07) is 69.2. The Balaban J connectivity index is 1.07. The lowest BCUT2D eigenvalue weighted by molar-refractivity contribution is 0.828. The highest BCUT2D eigenvalue weighted by Gasteiger charge is 2.31. The first kappa shape index (κ1) is 31.6. The second-order valence-corrected chi connectivity index (χ2v) is 14.9. The number of anilines is 3. The van der Waals surface area contributed by atoms with Crippen LogP contribution in [0.5, 0.6) is 0 Å². The van der Waals surface area contributed by atoms with E-state index in [1.165, 1.54) is 88.2 Å². The predicted molar refractivity (Wildman–Crippen MR) is 233 cm³/mol. The molecule has 0 radical (unpaired) electrons. The highest BCUT2D eigenvalue weighted by Crippen LogP contribution is 2.48. The van der Waals surface area contributed by atoms with Crippen LogP contribution in [0.3, 0.4) is 0 Å². The zero-order chi connectivity index (χ0) is 36.3. The third kappa shape index (κ3) is 5.33. The van der Waals surface area contributed by atoms with Gasteiger partial charge in [-0.25, -0.2) is 0 Å². The Kier molecular flexibility index (Phi) is 7.41. The molecule has 0 saturated carbocycles. The van der Waals surface area contributed by atoms with Gasteiger partial charge in [0.1, 0.15) is 6.17 Å². The molecule has 0 amide bonds. The Hall–Kier alpha value is -6.90. The van der Waals surface area contributed by atoms with E-state index in [1.54, 1.807) is 0 Å². The summed E-state index contributed by atoms with van der Waals surface area (Å²) >= 11 is 0. The Morgan fingerprint density at radius 1 is 0.491 bits per heavy atom. The molecule has 2 unspecified atom stereocenters. The van der Waals surface area contributed by atoms with Crippen molar-refractivity contribution >= 4 is 55.5 Å². The largest absolute Gasteiger partial charge is 0.359 e. The fourth-order valence-electron chi connectivity index (χ4n) is 9.18. The molecule has 0 saturated heterocycles. The van der Waals surface area contributed by atoms with Crippen molar-refractivity contribution in [3.63, 3.8) is 0 Å². The van der Waals surface area contributed by atoms with E-state index in [0.717, 1.165) is 12.1 Å². The standard InChI is InChI=1S/C53H38N2/c1-2-16-44(17-3-1)55-50-21-11-10-20-49(50)54-53(55)38-26-22-37(23-27-38)41-30-31-47-48(34-41)52(43-29-25-36-13-5-7-15-40(36)33-43)46-19-9-8-18-45(46)51(47)42-28-24-35-12-4-6-14-39(35)32-42/h1-31,33-34,42,53-54H,32H2. The van der Waals surface area contributed by atoms with Crippen LogP contribution in [0.2, 0.25) is 0 Å². The summed E-state index contributed by atoms with van der Waals surface area (Å²) in [5.41, 5.74) is 13.9. The van der Waals surface area contributed by atoms with Gasteiger partial charge in [-0.2, -0.15) is 0 Å². The van der Waals surface area contributed by atoms with E-state index in [2.05, 4.69) is 210 Å². The molecular formula is C53H38N2. The summed E-state index contributed by atoms with van der Waals surface area (Å²) in [6.45, 7) is 0. The number of nitrogens with one attached hydrogen (secondary N) is 1. The second kappa shape index (κ2) is 12.9. The highest BCUT2D eigenvalue weighted by molar-refractivity contribution is 6.17. The van der Waals surface area contributed by atoms with Gasteiger partial charge in [-0.05, 0) is 120 Å². The Morgan fingerprint density at radius 3 is 2.07 bits per heavy atom. The topological polar surface area (TPSA) is 15.3 Å². The molecule has 9 aromatic carbocycles. The van der Waals surface area contributed by atoms with Gasteiger partial charge in [-0.1, -0.05) is 164 Å². The zero-order valence-corrected chi connectivity index (χ0v) is 30.4. The minimum Gasteiger partial charge on any atom is -0.359 e. The minimum atomic E-state index is -0.00689. The van der Waals surface area contributed by atoms with Gasteiger partial charge in [0.05, 0.1) is 11.4 Å². The number of rotatable bonds is 5. The molecule has 2 heteroatoms. The lowest BCUT2D eigenvalue weighted by Crippen LogP contribution is -2.23. The van der Waals surface area contributed by atoms with Gasteiger partial charge in [0.25, 0.3) is 0 Å². The van der Waals surface area contributed by atoms with E-state index in [1.807, 2.05) is 0 Å². The minimum absolute atomic E-state index is 0.00689. The van der Waals surface area contributed by atoms with E-state index in [0.29, 0.717) is 0 Å². The van der Waals surface area contributed by atoms with E-state index in [-0.39, 0.29) is 12.1 Å². The smallest absolute Gasteiger partial charge is 0.130 e. The maximum atomic E-state index is 3.80. The van der Waals surface area contributed by atoms with Crippen LogP contribution in [0.1, 0.15) is 34.3 Å². The molecule has 55 heavy (non-hydrogen) atoms. The summed E-state index contributed by atoms with van der Waals surface area (Å²) in [7, 11) is 0. The molecule has 0 spiro atoms. The van der Waals surface area contributed by atoms with Crippen molar-refractivity contribution in [1.82, 2.24) is 0 Å². The summed E-state index contributed by atoms with van der Waals surface area (Å²) in [6.07, 6.45) is 5.74. The fourth-order valence-corrected chi connectivity index (χ4v) is 9.18. The molecule has 2 atom stereocenters. The van der Waals surface area contributed by atoms with Crippen molar-refractivity contribution in [2.45, 2.75) is 18.5 Å². The predicted octanol–water partition coefficient (Wildman–Crippen LogP) is 14.1. The SMILES string of the molecule is C1=CC(c2c3ccccc3c(-c3ccc4ccccc4c3)c3cc(-c4ccc(C5Nc6ccccc6N5c5ccccc5)cc4)ccc23)Cc2ccccc21. The van der Waals surface area contributed by atoms with Crippen LogP contribution in [-0.4, -0.2) is 0 Å². The molecule has 0 fully saturated rings. The molecule has 1 N–H and O–H groups in total. The van der Waals surface area contributed by atoms with Crippen LogP contribution in [-0.2, 0) is 6.42 Å². The van der Waals surface area contributed by atoms with E-state index < -0.39 is 0 Å². The number of benzene rings is 9. The van der Waals surface area contributed by atoms with Crippen molar-refractivity contribution < 1.29 is 0 Å². The van der Waals surface area contributed by atoms with Gasteiger partial charge >= 0.3 is 0 Å². The van der Waals surface area contributed by atoms with Gasteiger partial charge in [0.15, 0.2) is 0 Å². The van der Waals surface area contributed by atoms with Crippen molar-refractivity contribution in [2.75, 3.05) is 10.2 Å². The van der Waals surface area contributed by atoms with Gasteiger partial charge in [-0.3, -0.25) is 0 Å². The first-order chi connectivity index (χ1) is 27.3. The summed E-state index contributed by atoms with van der Waals surface area (Å²) in [4.78, 5) is 2.40. The third-order valence-electron chi connectivity index (χ3n) is 11.8. The van der Waals surface area contributed by atoms with Crippen LogP contribution >= 0.6 is 0 Å². The first-order valence-corrected chi connectivity index (χ1v) is 19.3. The molecule has 260 valence electrons. The Morgan fingerprint density at radius 2 is 1.18 bits per heavy atom. The van der Waals surface area contributed by atoms with Gasteiger partial charge in [-0.15, -0.1) is 0 Å². The molecule has 11 rings (SSSR count). The molecule has 2 aliphatic rings. The average molecular weight is 703 g/mol. The maximum Gasteiger partial charge on any atom is 0.130 e.